The predicted molar refractivity (Wildman–Crippen MR) is 85.4 cm³/mol. The van der Waals surface area contributed by atoms with Crippen LogP contribution in [0.15, 0.2) is 42.5 Å². The summed E-state index contributed by atoms with van der Waals surface area (Å²) in [5.74, 6) is -0.213. The first-order valence-electron chi connectivity index (χ1n) is 7.05. The standard InChI is InChI=1S/C18H21NO2/c1-13-7-6-8-14(2)18(13)19-12-16-10-5-4-9-15(16)11-17(20)21-3/h4-10,19H,11-12H2,1-3H3. The van der Waals surface area contributed by atoms with Gasteiger partial charge in [0.25, 0.3) is 0 Å². The van der Waals surface area contributed by atoms with Crippen molar-refractivity contribution in [1.29, 1.82) is 0 Å². The second-order valence-electron chi connectivity index (χ2n) is 5.14. The monoisotopic (exact) mass is 283 g/mol. The van der Waals surface area contributed by atoms with Gasteiger partial charge < -0.3 is 10.1 Å². The minimum Gasteiger partial charge on any atom is -0.469 e. The first-order valence-corrected chi connectivity index (χ1v) is 7.05. The Morgan fingerprint density at radius 3 is 2.24 bits per heavy atom. The number of rotatable bonds is 5. The van der Waals surface area contributed by atoms with Crippen LogP contribution in [0.25, 0.3) is 0 Å². The van der Waals surface area contributed by atoms with Gasteiger partial charge in [-0.2, -0.15) is 0 Å². The molecule has 0 bridgehead atoms. The van der Waals surface area contributed by atoms with Crippen LogP contribution in [0.3, 0.4) is 0 Å². The van der Waals surface area contributed by atoms with Crippen molar-refractivity contribution < 1.29 is 9.53 Å². The van der Waals surface area contributed by atoms with Crippen molar-refractivity contribution in [3.05, 3.63) is 64.7 Å². The van der Waals surface area contributed by atoms with Gasteiger partial charge in [0.15, 0.2) is 0 Å². The molecule has 0 spiro atoms. The Labute approximate surface area is 126 Å². The van der Waals surface area contributed by atoms with Gasteiger partial charge in [0.05, 0.1) is 13.5 Å². The number of aryl methyl sites for hydroxylation is 2. The zero-order valence-electron chi connectivity index (χ0n) is 12.8. The molecule has 0 aromatic heterocycles. The lowest BCUT2D eigenvalue weighted by atomic mass is 10.0. The smallest absolute Gasteiger partial charge is 0.309 e. The molecule has 0 aliphatic carbocycles. The Bertz CT molecular complexity index is 615. The Hall–Kier alpha value is -2.29. The number of hydrogen-bond acceptors (Lipinski definition) is 3. The zero-order valence-corrected chi connectivity index (χ0v) is 12.8. The van der Waals surface area contributed by atoms with Gasteiger partial charge >= 0.3 is 5.97 Å². The molecule has 0 aliphatic rings. The van der Waals surface area contributed by atoms with Gasteiger partial charge in [-0.1, -0.05) is 42.5 Å². The average Bonchev–Trinajstić information content (AvgIpc) is 2.48. The molecule has 0 fully saturated rings. The molecule has 0 amide bonds. The quantitative estimate of drug-likeness (QED) is 0.852. The third-order valence-corrected chi connectivity index (χ3v) is 3.62. The Balaban J connectivity index is 2.15. The number of ether oxygens (including phenoxy) is 1. The molecule has 0 saturated carbocycles. The highest BCUT2D eigenvalue weighted by Gasteiger charge is 2.08. The van der Waals surface area contributed by atoms with Gasteiger partial charge in [-0.25, -0.2) is 0 Å². The molecule has 21 heavy (non-hydrogen) atoms. The first kappa shape index (κ1) is 15.1. The summed E-state index contributed by atoms with van der Waals surface area (Å²) in [6.45, 7) is 4.88. The summed E-state index contributed by atoms with van der Waals surface area (Å²) < 4.78 is 4.75. The molecule has 110 valence electrons. The molecule has 0 unspecified atom stereocenters. The molecular weight excluding hydrogens is 262 g/mol. The maximum absolute atomic E-state index is 11.5. The van der Waals surface area contributed by atoms with Crippen LogP contribution in [0.1, 0.15) is 22.3 Å². The SMILES string of the molecule is COC(=O)Cc1ccccc1CNc1c(C)cccc1C. The number of carbonyl (C=O) groups is 1. The van der Waals surface area contributed by atoms with E-state index in [-0.39, 0.29) is 5.97 Å². The number of benzene rings is 2. The molecule has 0 heterocycles. The minimum atomic E-state index is -0.213. The maximum atomic E-state index is 11.5. The molecule has 1 N–H and O–H groups in total. The second-order valence-corrected chi connectivity index (χ2v) is 5.14. The van der Waals surface area contributed by atoms with Crippen LogP contribution in [0.2, 0.25) is 0 Å². The topological polar surface area (TPSA) is 38.3 Å². The fourth-order valence-electron chi connectivity index (χ4n) is 2.41. The second kappa shape index (κ2) is 6.93. The summed E-state index contributed by atoms with van der Waals surface area (Å²) >= 11 is 0. The van der Waals surface area contributed by atoms with Crippen molar-refractivity contribution >= 4 is 11.7 Å². The number of esters is 1. The van der Waals surface area contributed by atoms with Gasteiger partial charge in [-0.05, 0) is 36.1 Å². The number of hydrogen-bond donors (Lipinski definition) is 1. The molecule has 3 heteroatoms. The van der Waals surface area contributed by atoms with E-state index in [4.69, 9.17) is 4.74 Å². The fourth-order valence-corrected chi connectivity index (χ4v) is 2.41. The van der Waals surface area contributed by atoms with E-state index in [0.717, 1.165) is 16.8 Å². The maximum Gasteiger partial charge on any atom is 0.309 e. The van der Waals surface area contributed by atoms with E-state index in [9.17, 15) is 4.79 Å². The number of methoxy groups -OCH3 is 1. The number of anilines is 1. The highest BCUT2D eigenvalue weighted by atomic mass is 16.5. The molecule has 0 radical (unpaired) electrons. The molecule has 2 aromatic carbocycles. The molecule has 2 rings (SSSR count). The largest absolute Gasteiger partial charge is 0.469 e. The fraction of sp³-hybridized carbons (Fsp3) is 0.278. The third kappa shape index (κ3) is 3.85. The summed E-state index contributed by atoms with van der Waals surface area (Å²) in [7, 11) is 1.42. The third-order valence-electron chi connectivity index (χ3n) is 3.62. The van der Waals surface area contributed by atoms with Crippen molar-refractivity contribution in [1.82, 2.24) is 0 Å². The van der Waals surface area contributed by atoms with E-state index in [1.807, 2.05) is 24.3 Å². The lowest BCUT2D eigenvalue weighted by Gasteiger charge is -2.14. The molecule has 0 saturated heterocycles. The average molecular weight is 283 g/mol. The van der Waals surface area contributed by atoms with E-state index in [0.29, 0.717) is 13.0 Å². The predicted octanol–water partition coefficient (Wildman–Crippen LogP) is 3.63. The Morgan fingerprint density at radius 2 is 1.62 bits per heavy atom. The van der Waals surface area contributed by atoms with E-state index in [1.165, 1.54) is 18.2 Å². The molecule has 0 atom stereocenters. The summed E-state index contributed by atoms with van der Waals surface area (Å²) in [5.41, 5.74) is 5.72. The van der Waals surface area contributed by atoms with Crippen LogP contribution < -0.4 is 5.32 Å². The van der Waals surface area contributed by atoms with E-state index < -0.39 is 0 Å². The van der Waals surface area contributed by atoms with E-state index >= 15 is 0 Å². The zero-order chi connectivity index (χ0) is 15.2. The van der Waals surface area contributed by atoms with Crippen molar-refractivity contribution in [2.75, 3.05) is 12.4 Å². The molecule has 3 nitrogen and oxygen atoms in total. The van der Waals surface area contributed by atoms with Crippen molar-refractivity contribution in [3.8, 4) is 0 Å². The van der Waals surface area contributed by atoms with Crippen molar-refractivity contribution in [2.24, 2.45) is 0 Å². The van der Waals surface area contributed by atoms with Crippen LogP contribution in [-0.2, 0) is 22.5 Å². The summed E-state index contributed by atoms with van der Waals surface area (Å²) in [6.07, 6.45) is 0.307. The summed E-state index contributed by atoms with van der Waals surface area (Å²) in [4.78, 5) is 11.5. The molecule has 2 aromatic rings. The summed E-state index contributed by atoms with van der Waals surface area (Å²) in [5, 5.41) is 3.48. The highest BCUT2D eigenvalue weighted by molar-refractivity contribution is 5.73. The van der Waals surface area contributed by atoms with Gasteiger partial charge in [0.2, 0.25) is 0 Å². The van der Waals surface area contributed by atoms with Crippen molar-refractivity contribution in [3.63, 3.8) is 0 Å². The van der Waals surface area contributed by atoms with Gasteiger partial charge in [0, 0.05) is 12.2 Å². The first-order chi connectivity index (χ1) is 10.1. The number of carbonyl (C=O) groups excluding carboxylic acids is 1. The van der Waals surface area contributed by atoms with Crippen LogP contribution in [0, 0.1) is 13.8 Å². The van der Waals surface area contributed by atoms with Gasteiger partial charge in [0.1, 0.15) is 0 Å². The van der Waals surface area contributed by atoms with Crippen molar-refractivity contribution in [2.45, 2.75) is 26.8 Å². The van der Waals surface area contributed by atoms with Crippen LogP contribution in [0.4, 0.5) is 5.69 Å². The normalized spacial score (nSPS) is 10.2. The lowest BCUT2D eigenvalue weighted by Crippen LogP contribution is -2.10. The Kier molecular flexibility index (Phi) is 4.99. The number of nitrogens with one attached hydrogen (secondary N) is 1. The van der Waals surface area contributed by atoms with E-state index in [2.05, 4.69) is 37.4 Å². The van der Waals surface area contributed by atoms with Gasteiger partial charge in [-0.3, -0.25) is 4.79 Å². The van der Waals surface area contributed by atoms with E-state index in [1.54, 1.807) is 0 Å². The summed E-state index contributed by atoms with van der Waals surface area (Å²) in [6, 6.07) is 14.2. The lowest BCUT2D eigenvalue weighted by molar-refractivity contribution is -0.139. The van der Waals surface area contributed by atoms with Crippen LogP contribution in [0.5, 0.6) is 0 Å². The van der Waals surface area contributed by atoms with Crippen LogP contribution in [-0.4, -0.2) is 13.1 Å². The van der Waals surface area contributed by atoms with Crippen LogP contribution >= 0.6 is 0 Å². The van der Waals surface area contributed by atoms with Gasteiger partial charge in [-0.15, -0.1) is 0 Å². The highest BCUT2D eigenvalue weighted by Crippen LogP contribution is 2.21. The number of para-hydroxylation sites is 1. The minimum absolute atomic E-state index is 0.213. The molecule has 0 aliphatic heterocycles. The molecular formula is C18H21NO2. The Morgan fingerprint density at radius 1 is 1.00 bits per heavy atom.